The summed E-state index contributed by atoms with van der Waals surface area (Å²) in [7, 11) is 1.74. The molecule has 0 radical (unpaired) electrons. The summed E-state index contributed by atoms with van der Waals surface area (Å²) in [6, 6.07) is 6.78. The van der Waals surface area contributed by atoms with Gasteiger partial charge in [-0.3, -0.25) is 9.97 Å². The molecule has 1 aromatic carbocycles. The molecule has 0 bridgehead atoms. The Morgan fingerprint density at radius 2 is 2.23 bits per heavy atom. The van der Waals surface area contributed by atoms with Crippen LogP contribution in [0, 0.1) is 5.92 Å². The lowest BCUT2D eigenvalue weighted by molar-refractivity contribution is 0.0697. The number of carboxylic acid groups (broad SMARTS) is 1. The molecule has 2 heterocycles. The number of ether oxygens (including phenoxy) is 1. The van der Waals surface area contributed by atoms with Crippen LogP contribution in [0.2, 0.25) is 0 Å². The van der Waals surface area contributed by atoms with Gasteiger partial charge in [0.05, 0.1) is 29.8 Å². The molecule has 6 heteroatoms. The summed E-state index contributed by atoms with van der Waals surface area (Å²) in [6.45, 7) is 3.98. The van der Waals surface area contributed by atoms with Crippen LogP contribution in [0.4, 0.5) is 0 Å². The molecule has 1 aliphatic heterocycles. The number of carbonyl (C=O) groups is 1. The molecule has 3 rings (SSSR count). The Balaban J connectivity index is 1.62. The van der Waals surface area contributed by atoms with E-state index in [1.54, 1.807) is 31.5 Å². The molecule has 1 aliphatic rings. The van der Waals surface area contributed by atoms with Gasteiger partial charge in [0.2, 0.25) is 0 Å². The normalized spacial score (nSPS) is 18.0. The molecule has 1 aromatic heterocycles. The third-order valence-electron chi connectivity index (χ3n) is 4.82. The number of nitrogens with zero attached hydrogens (tertiary/aromatic N) is 3. The second-order valence-electron chi connectivity index (χ2n) is 6.78. The summed E-state index contributed by atoms with van der Waals surface area (Å²) in [6.07, 6.45) is 6.90. The summed E-state index contributed by atoms with van der Waals surface area (Å²) < 4.78 is 5.18. The average Bonchev–Trinajstić information content (AvgIpc) is 2.67. The molecule has 0 unspecified atom stereocenters. The number of benzene rings is 1. The zero-order valence-corrected chi connectivity index (χ0v) is 15.1. The maximum atomic E-state index is 11.1. The first-order valence-corrected chi connectivity index (χ1v) is 9.01. The van der Waals surface area contributed by atoms with Crippen LogP contribution >= 0.6 is 0 Å². The van der Waals surface area contributed by atoms with Gasteiger partial charge in [-0.2, -0.15) is 0 Å². The van der Waals surface area contributed by atoms with E-state index in [0.717, 1.165) is 43.9 Å². The fourth-order valence-electron chi connectivity index (χ4n) is 3.46. The Morgan fingerprint density at radius 3 is 2.96 bits per heavy atom. The third-order valence-corrected chi connectivity index (χ3v) is 4.82. The molecule has 0 spiro atoms. The van der Waals surface area contributed by atoms with Crippen LogP contribution in [0.25, 0.3) is 11.3 Å². The maximum Gasteiger partial charge on any atom is 0.335 e. The molecule has 2 aromatic rings. The van der Waals surface area contributed by atoms with E-state index in [2.05, 4.69) is 14.9 Å². The van der Waals surface area contributed by atoms with Crippen LogP contribution in [0.5, 0.6) is 0 Å². The minimum atomic E-state index is -0.938. The van der Waals surface area contributed by atoms with Gasteiger partial charge in [0, 0.05) is 32.0 Å². The molecule has 1 atom stereocenters. The Bertz CT molecular complexity index is 733. The average molecular weight is 355 g/mol. The van der Waals surface area contributed by atoms with Crippen molar-refractivity contribution in [2.75, 3.05) is 33.4 Å². The molecule has 1 fully saturated rings. The van der Waals surface area contributed by atoms with E-state index >= 15 is 0 Å². The standard InChI is InChI=1S/C20H25N3O3/c1-26-9-8-23-7-3-4-15(14-23)10-18-12-22-19(13-21-18)16-5-2-6-17(11-16)20(24)25/h2,5-6,11-13,15H,3-4,7-10,14H2,1H3,(H,24,25)/t15-/m0/s1. The number of hydrogen-bond donors (Lipinski definition) is 1. The topological polar surface area (TPSA) is 75.5 Å². The van der Waals surface area contributed by atoms with E-state index in [1.807, 2.05) is 12.3 Å². The largest absolute Gasteiger partial charge is 0.478 e. The summed E-state index contributed by atoms with van der Waals surface area (Å²) >= 11 is 0. The van der Waals surface area contributed by atoms with Gasteiger partial charge in [0.25, 0.3) is 0 Å². The number of hydrogen-bond acceptors (Lipinski definition) is 5. The van der Waals surface area contributed by atoms with E-state index in [9.17, 15) is 4.79 Å². The predicted octanol–water partition coefficient (Wildman–Crippen LogP) is 2.74. The van der Waals surface area contributed by atoms with Crippen LogP contribution in [0.3, 0.4) is 0 Å². The number of carboxylic acids is 1. The lowest BCUT2D eigenvalue weighted by Crippen LogP contribution is -2.38. The minimum Gasteiger partial charge on any atom is -0.478 e. The summed E-state index contributed by atoms with van der Waals surface area (Å²) in [5.74, 6) is -0.345. The van der Waals surface area contributed by atoms with Gasteiger partial charge in [-0.1, -0.05) is 12.1 Å². The summed E-state index contributed by atoms with van der Waals surface area (Å²) in [4.78, 5) is 22.6. The first kappa shape index (κ1) is 18.5. The van der Waals surface area contributed by atoms with Gasteiger partial charge in [-0.05, 0) is 43.9 Å². The molecule has 6 nitrogen and oxygen atoms in total. The molecular weight excluding hydrogens is 330 g/mol. The monoisotopic (exact) mass is 355 g/mol. The Kier molecular flexibility index (Phi) is 6.30. The minimum absolute atomic E-state index is 0.256. The molecule has 0 saturated carbocycles. The molecule has 0 amide bonds. The van der Waals surface area contributed by atoms with Crippen molar-refractivity contribution < 1.29 is 14.6 Å². The highest BCUT2D eigenvalue weighted by Gasteiger charge is 2.20. The predicted molar refractivity (Wildman–Crippen MR) is 99.2 cm³/mol. The van der Waals surface area contributed by atoms with E-state index in [4.69, 9.17) is 9.84 Å². The van der Waals surface area contributed by atoms with Crippen molar-refractivity contribution in [3.05, 3.63) is 47.9 Å². The Morgan fingerprint density at radius 1 is 1.35 bits per heavy atom. The second kappa shape index (κ2) is 8.87. The Labute approximate surface area is 153 Å². The van der Waals surface area contributed by atoms with Crippen LogP contribution < -0.4 is 0 Å². The van der Waals surface area contributed by atoms with Crippen LogP contribution in [0.1, 0.15) is 28.9 Å². The van der Waals surface area contributed by atoms with E-state index in [0.29, 0.717) is 11.6 Å². The van der Waals surface area contributed by atoms with Crippen molar-refractivity contribution in [3.63, 3.8) is 0 Å². The lowest BCUT2D eigenvalue weighted by atomic mass is 9.93. The molecule has 0 aliphatic carbocycles. The fraction of sp³-hybridized carbons (Fsp3) is 0.450. The SMILES string of the molecule is COCCN1CCC[C@@H](Cc2cnc(-c3cccc(C(=O)O)c3)cn2)C1. The smallest absolute Gasteiger partial charge is 0.335 e. The van der Waals surface area contributed by atoms with Gasteiger partial charge < -0.3 is 14.7 Å². The quantitative estimate of drug-likeness (QED) is 0.823. The highest BCUT2D eigenvalue weighted by molar-refractivity contribution is 5.89. The van der Waals surface area contributed by atoms with Gasteiger partial charge in [0.1, 0.15) is 0 Å². The molecule has 138 valence electrons. The molecule has 1 N–H and O–H groups in total. The number of rotatable bonds is 7. The number of likely N-dealkylation sites (tertiary alicyclic amines) is 1. The van der Waals surface area contributed by atoms with Crippen molar-refractivity contribution in [2.24, 2.45) is 5.92 Å². The van der Waals surface area contributed by atoms with E-state index < -0.39 is 5.97 Å². The van der Waals surface area contributed by atoms with Gasteiger partial charge in [-0.25, -0.2) is 4.79 Å². The highest BCUT2D eigenvalue weighted by atomic mass is 16.5. The zero-order valence-electron chi connectivity index (χ0n) is 15.1. The first-order chi connectivity index (χ1) is 12.7. The lowest BCUT2D eigenvalue weighted by Gasteiger charge is -2.32. The van der Waals surface area contributed by atoms with E-state index in [-0.39, 0.29) is 5.56 Å². The molecule has 1 saturated heterocycles. The zero-order chi connectivity index (χ0) is 18.4. The van der Waals surface area contributed by atoms with Crippen molar-refractivity contribution >= 4 is 5.97 Å². The third kappa shape index (κ3) is 4.86. The van der Waals surface area contributed by atoms with Gasteiger partial charge >= 0.3 is 5.97 Å². The summed E-state index contributed by atoms with van der Waals surface area (Å²) in [5.41, 5.74) is 2.71. The molecular formula is C20H25N3O3. The number of aromatic nitrogens is 2. The van der Waals surface area contributed by atoms with Crippen LogP contribution in [-0.2, 0) is 11.2 Å². The van der Waals surface area contributed by atoms with E-state index in [1.165, 1.54) is 12.8 Å². The number of piperidine rings is 1. The maximum absolute atomic E-state index is 11.1. The van der Waals surface area contributed by atoms with Crippen molar-refractivity contribution in [3.8, 4) is 11.3 Å². The van der Waals surface area contributed by atoms with Gasteiger partial charge in [-0.15, -0.1) is 0 Å². The van der Waals surface area contributed by atoms with Crippen molar-refractivity contribution in [2.45, 2.75) is 19.3 Å². The van der Waals surface area contributed by atoms with Crippen LogP contribution in [0.15, 0.2) is 36.7 Å². The fourth-order valence-corrected chi connectivity index (χ4v) is 3.46. The number of aromatic carboxylic acids is 1. The van der Waals surface area contributed by atoms with Crippen molar-refractivity contribution in [1.29, 1.82) is 0 Å². The Hall–Kier alpha value is -2.31. The van der Waals surface area contributed by atoms with Crippen molar-refractivity contribution in [1.82, 2.24) is 14.9 Å². The molecule has 26 heavy (non-hydrogen) atoms. The highest BCUT2D eigenvalue weighted by Crippen LogP contribution is 2.21. The second-order valence-corrected chi connectivity index (χ2v) is 6.78. The van der Waals surface area contributed by atoms with Gasteiger partial charge in [0.15, 0.2) is 0 Å². The van der Waals surface area contributed by atoms with Crippen LogP contribution in [-0.4, -0.2) is 59.3 Å². The summed E-state index contributed by atoms with van der Waals surface area (Å²) in [5, 5.41) is 9.11. The number of methoxy groups -OCH3 is 1. The first-order valence-electron chi connectivity index (χ1n) is 9.01.